The smallest absolute Gasteiger partial charge is 0.279 e. The molecule has 1 aromatic heterocycles. The number of fused-ring (bicyclic) bond motifs is 1. The van der Waals surface area contributed by atoms with Gasteiger partial charge in [0, 0.05) is 35.7 Å². The van der Waals surface area contributed by atoms with Gasteiger partial charge in [0.1, 0.15) is 5.82 Å². The van der Waals surface area contributed by atoms with Gasteiger partial charge in [-0.3, -0.25) is 9.59 Å². The van der Waals surface area contributed by atoms with Crippen LogP contribution in [0.15, 0.2) is 52.4 Å². The molecule has 0 saturated carbocycles. The summed E-state index contributed by atoms with van der Waals surface area (Å²) in [5, 5.41) is 4.04. The van der Waals surface area contributed by atoms with Crippen molar-refractivity contribution in [2.24, 2.45) is 7.05 Å². The lowest BCUT2D eigenvalue weighted by atomic mass is 9.86. The summed E-state index contributed by atoms with van der Waals surface area (Å²) in [5.74, 6) is 1.43. The molecule has 0 unspecified atom stereocenters. The van der Waals surface area contributed by atoms with Crippen LogP contribution in [0.25, 0.3) is 0 Å². The summed E-state index contributed by atoms with van der Waals surface area (Å²) < 4.78 is 12.7. The molecule has 1 N–H and O–H groups in total. The number of carbonyl (C=O) groups is 1. The minimum Gasteiger partial charge on any atom is -0.493 e. The van der Waals surface area contributed by atoms with E-state index in [4.69, 9.17) is 21.1 Å². The molecule has 7 nitrogen and oxygen atoms in total. The van der Waals surface area contributed by atoms with E-state index in [1.807, 2.05) is 36.4 Å². The van der Waals surface area contributed by atoms with Crippen LogP contribution < -0.4 is 20.3 Å². The third-order valence-electron chi connectivity index (χ3n) is 5.39. The summed E-state index contributed by atoms with van der Waals surface area (Å²) in [6, 6.07) is 12.9. The highest BCUT2D eigenvalue weighted by Gasteiger charge is 2.34. The maximum absolute atomic E-state index is 13.2. The van der Waals surface area contributed by atoms with Gasteiger partial charge in [-0.1, -0.05) is 47.6 Å². The number of hydrogen-bond donors (Lipinski definition) is 1. The Hall–Kier alpha value is -2.97. The molecule has 0 spiro atoms. The van der Waals surface area contributed by atoms with Crippen molar-refractivity contribution in [1.82, 2.24) is 9.55 Å². The summed E-state index contributed by atoms with van der Waals surface area (Å²) >= 11 is 7.37. The van der Waals surface area contributed by atoms with E-state index in [0.717, 1.165) is 5.56 Å². The fraction of sp³-hybridized carbons (Fsp3) is 0.261. The Bertz CT molecular complexity index is 1230. The fourth-order valence-corrected chi connectivity index (χ4v) is 4.89. The van der Waals surface area contributed by atoms with Crippen LogP contribution in [-0.4, -0.2) is 29.7 Å². The summed E-state index contributed by atoms with van der Waals surface area (Å²) in [5.41, 5.74) is 1.83. The Morgan fingerprint density at radius 1 is 1.16 bits per heavy atom. The number of aromatic nitrogens is 2. The minimum absolute atomic E-state index is 0.116. The molecular formula is C23H22ClN3O4S. The van der Waals surface area contributed by atoms with Crippen molar-refractivity contribution < 1.29 is 14.3 Å². The van der Waals surface area contributed by atoms with E-state index < -0.39 is 5.92 Å². The van der Waals surface area contributed by atoms with Crippen LogP contribution in [-0.2, 0) is 17.6 Å². The standard InChI is InChI=1S/C23H22ClN3O4S/c1-27-21-19(22(29)26-23(27)32-12-13-7-9-14(24)10-8-13)16(11-18(28)25-21)15-5-4-6-17(30-2)20(15)31-3/h4-10,16H,11-12H2,1-3H3,(H,25,28)/t16-/m0/s1. The average Bonchev–Trinajstić information content (AvgIpc) is 2.80. The first-order valence-corrected chi connectivity index (χ1v) is 11.3. The molecule has 9 heteroatoms. The molecule has 2 aromatic carbocycles. The van der Waals surface area contributed by atoms with E-state index in [0.29, 0.717) is 44.4 Å². The van der Waals surface area contributed by atoms with Gasteiger partial charge < -0.3 is 19.4 Å². The molecule has 1 amide bonds. The number of thioether (sulfide) groups is 1. The lowest BCUT2D eigenvalue weighted by Gasteiger charge is -2.28. The van der Waals surface area contributed by atoms with Gasteiger partial charge in [-0.2, -0.15) is 4.98 Å². The van der Waals surface area contributed by atoms with E-state index in [-0.39, 0.29) is 17.9 Å². The molecule has 1 aliphatic rings. The van der Waals surface area contributed by atoms with Gasteiger partial charge in [0.25, 0.3) is 5.56 Å². The van der Waals surface area contributed by atoms with Crippen molar-refractivity contribution in [2.75, 3.05) is 19.5 Å². The van der Waals surface area contributed by atoms with Crippen LogP contribution in [0.4, 0.5) is 5.82 Å². The largest absolute Gasteiger partial charge is 0.493 e. The quantitative estimate of drug-likeness (QED) is 0.428. The van der Waals surface area contributed by atoms with Crippen molar-refractivity contribution in [3.63, 3.8) is 0 Å². The highest BCUT2D eigenvalue weighted by molar-refractivity contribution is 7.98. The average molecular weight is 472 g/mol. The second-order valence-electron chi connectivity index (χ2n) is 7.32. The number of carbonyl (C=O) groups excluding carboxylic acids is 1. The molecule has 4 rings (SSSR count). The van der Waals surface area contributed by atoms with Gasteiger partial charge in [0.2, 0.25) is 5.91 Å². The van der Waals surface area contributed by atoms with E-state index in [9.17, 15) is 9.59 Å². The number of rotatable bonds is 6. The zero-order chi connectivity index (χ0) is 22.8. The third kappa shape index (κ3) is 4.20. The van der Waals surface area contributed by atoms with E-state index in [1.54, 1.807) is 24.8 Å². The van der Waals surface area contributed by atoms with Crippen LogP contribution in [0.3, 0.4) is 0 Å². The topological polar surface area (TPSA) is 82.5 Å². The summed E-state index contributed by atoms with van der Waals surface area (Å²) in [4.78, 5) is 30.1. The summed E-state index contributed by atoms with van der Waals surface area (Å²) in [7, 11) is 4.88. The van der Waals surface area contributed by atoms with Gasteiger partial charge >= 0.3 is 0 Å². The van der Waals surface area contributed by atoms with Gasteiger partial charge in [0.15, 0.2) is 16.7 Å². The number of anilines is 1. The number of nitrogens with zero attached hydrogens (tertiary/aromatic N) is 2. The van der Waals surface area contributed by atoms with Crippen LogP contribution in [0.2, 0.25) is 5.02 Å². The van der Waals surface area contributed by atoms with Crippen LogP contribution in [0.1, 0.15) is 29.0 Å². The molecule has 166 valence electrons. The number of halogens is 1. The van der Waals surface area contributed by atoms with Crippen LogP contribution in [0, 0.1) is 0 Å². The fourth-order valence-electron chi connectivity index (χ4n) is 3.84. The second kappa shape index (κ2) is 9.26. The van der Waals surface area contributed by atoms with E-state index >= 15 is 0 Å². The maximum atomic E-state index is 13.2. The van der Waals surface area contributed by atoms with Crippen molar-refractivity contribution in [3.05, 3.63) is 74.5 Å². The first-order chi connectivity index (χ1) is 15.4. The summed E-state index contributed by atoms with van der Waals surface area (Å²) in [6.45, 7) is 0. The Labute approximate surface area is 194 Å². The molecule has 0 bridgehead atoms. The second-order valence-corrected chi connectivity index (χ2v) is 8.70. The zero-order valence-corrected chi connectivity index (χ0v) is 19.4. The number of para-hydroxylation sites is 1. The molecular weight excluding hydrogens is 450 g/mol. The molecule has 0 aliphatic carbocycles. The number of nitrogens with one attached hydrogen (secondary N) is 1. The Kier molecular flexibility index (Phi) is 6.43. The normalized spacial score (nSPS) is 15.1. The lowest BCUT2D eigenvalue weighted by Crippen LogP contribution is -2.33. The predicted molar refractivity (Wildman–Crippen MR) is 125 cm³/mol. The van der Waals surface area contributed by atoms with E-state index in [2.05, 4.69) is 10.3 Å². The first kappa shape index (κ1) is 22.2. The SMILES string of the molecule is COc1cccc([C@@H]2CC(=O)Nc3c2c(=O)nc(SCc2ccc(Cl)cc2)n3C)c1OC. The van der Waals surface area contributed by atoms with Crippen molar-refractivity contribution in [1.29, 1.82) is 0 Å². The zero-order valence-electron chi connectivity index (χ0n) is 17.8. The molecule has 0 saturated heterocycles. The number of amides is 1. The van der Waals surface area contributed by atoms with Gasteiger partial charge in [-0.25, -0.2) is 0 Å². The lowest BCUT2D eigenvalue weighted by molar-refractivity contribution is -0.116. The number of ether oxygens (including phenoxy) is 2. The monoisotopic (exact) mass is 471 g/mol. The Morgan fingerprint density at radius 2 is 1.91 bits per heavy atom. The van der Waals surface area contributed by atoms with Gasteiger partial charge in [-0.15, -0.1) is 0 Å². The van der Waals surface area contributed by atoms with Crippen LogP contribution in [0.5, 0.6) is 11.5 Å². The number of benzene rings is 2. The first-order valence-electron chi connectivity index (χ1n) is 9.91. The highest BCUT2D eigenvalue weighted by atomic mass is 35.5. The molecule has 1 atom stereocenters. The van der Waals surface area contributed by atoms with Gasteiger partial charge in [0.05, 0.1) is 19.8 Å². The molecule has 3 aromatic rings. The van der Waals surface area contributed by atoms with Crippen molar-refractivity contribution in [2.45, 2.75) is 23.2 Å². The Balaban J connectivity index is 1.75. The predicted octanol–water partition coefficient (Wildman–Crippen LogP) is 4.22. The third-order valence-corrected chi connectivity index (χ3v) is 6.74. The Morgan fingerprint density at radius 3 is 2.59 bits per heavy atom. The van der Waals surface area contributed by atoms with E-state index in [1.165, 1.54) is 18.9 Å². The molecule has 2 heterocycles. The number of methoxy groups -OCH3 is 2. The summed E-state index contributed by atoms with van der Waals surface area (Å²) in [6.07, 6.45) is 0.116. The molecule has 0 radical (unpaired) electrons. The van der Waals surface area contributed by atoms with Crippen molar-refractivity contribution in [3.8, 4) is 11.5 Å². The van der Waals surface area contributed by atoms with Gasteiger partial charge in [-0.05, 0) is 23.8 Å². The number of hydrogen-bond acceptors (Lipinski definition) is 6. The molecule has 1 aliphatic heterocycles. The molecule has 32 heavy (non-hydrogen) atoms. The maximum Gasteiger partial charge on any atom is 0.279 e. The van der Waals surface area contributed by atoms with Crippen LogP contribution >= 0.6 is 23.4 Å². The molecule has 0 fully saturated rings. The minimum atomic E-state index is -0.495. The highest BCUT2D eigenvalue weighted by Crippen LogP contribution is 2.43. The van der Waals surface area contributed by atoms with Crippen molar-refractivity contribution >= 4 is 35.1 Å².